The SMILES string of the molecule is COc1ccc(-c2sc(NC(=O)C(C)(C)C)nc2C)cc1[S+]([O-])Nc1ccc(C(C)C)cc1. The Morgan fingerprint density at radius 3 is 2.39 bits per heavy atom. The number of nitrogens with one attached hydrogen (secondary N) is 2. The van der Waals surface area contributed by atoms with Crippen molar-refractivity contribution in [1.82, 2.24) is 4.98 Å². The lowest BCUT2D eigenvalue weighted by Crippen LogP contribution is -2.27. The Morgan fingerprint density at radius 1 is 1.15 bits per heavy atom. The number of benzene rings is 2. The van der Waals surface area contributed by atoms with Gasteiger partial charge in [-0.05, 0) is 48.2 Å². The average Bonchev–Trinajstić information content (AvgIpc) is 3.12. The van der Waals surface area contributed by atoms with Crippen LogP contribution in [-0.2, 0) is 16.2 Å². The first-order valence-corrected chi connectivity index (χ1v) is 12.7. The molecular weight excluding hydrogens is 454 g/mol. The lowest BCUT2D eigenvalue weighted by Gasteiger charge is -2.16. The van der Waals surface area contributed by atoms with Crippen LogP contribution in [0.5, 0.6) is 5.75 Å². The molecule has 6 nitrogen and oxygen atoms in total. The Balaban J connectivity index is 1.87. The number of hydrogen-bond acceptors (Lipinski definition) is 6. The normalized spacial score (nSPS) is 12.5. The molecule has 0 fully saturated rings. The molecule has 0 saturated heterocycles. The number of ether oxygens (including phenoxy) is 1. The van der Waals surface area contributed by atoms with Crippen molar-refractivity contribution in [2.75, 3.05) is 17.1 Å². The highest BCUT2D eigenvalue weighted by molar-refractivity contribution is 7.92. The van der Waals surface area contributed by atoms with E-state index in [4.69, 9.17) is 4.74 Å². The molecular formula is C25H31N3O3S2. The topological polar surface area (TPSA) is 86.3 Å². The largest absolute Gasteiger partial charge is 0.588 e. The van der Waals surface area contributed by atoms with Crippen molar-refractivity contribution in [3.63, 3.8) is 0 Å². The quantitative estimate of drug-likeness (QED) is 0.380. The summed E-state index contributed by atoms with van der Waals surface area (Å²) in [6.45, 7) is 11.7. The summed E-state index contributed by atoms with van der Waals surface area (Å²) in [7, 11) is 1.56. The van der Waals surface area contributed by atoms with Crippen molar-refractivity contribution >= 4 is 39.4 Å². The van der Waals surface area contributed by atoms with Crippen LogP contribution in [0, 0.1) is 12.3 Å². The van der Waals surface area contributed by atoms with E-state index in [9.17, 15) is 9.35 Å². The Kier molecular flexibility index (Phi) is 7.72. The molecule has 1 aromatic heterocycles. The molecule has 0 bridgehead atoms. The highest BCUT2D eigenvalue weighted by Crippen LogP contribution is 2.37. The molecule has 3 rings (SSSR count). The molecule has 1 unspecified atom stereocenters. The Labute approximate surface area is 203 Å². The van der Waals surface area contributed by atoms with Gasteiger partial charge < -0.3 is 14.6 Å². The van der Waals surface area contributed by atoms with Gasteiger partial charge in [0.2, 0.25) is 10.8 Å². The summed E-state index contributed by atoms with van der Waals surface area (Å²) in [6, 6.07) is 13.5. The first kappa shape index (κ1) is 25.1. The smallest absolute Gasteiger partial charge is 0.231 e. The number of anilines is 2. The molecule has 0 aliphatic carbocycles. The van der Waals surface area contributed by atoms with Crippen LogP contribution in [0.3, 0.4) is 0 Å². The fourth-order valence-electron chi connectivity index (χ4n) is 3.06. The first-order chi connectivity index (χ1) is 15.5. The third kappa shape index (κ3) is 6.07. The second-order valence-electron chi connectivity index (χ2n) is 9.15. The van der Waals surface area contributed by atoms with Gasteiger partial charge in [0.1, 0.15) is 11.4 Å². The van der Waals surface area contributed by atoms with E-state index in [0.717, 1.165) is 21.8 Å². The summed E-state index contributed by atoms with van der Waals surface area (Å²) in [5, 5.41) is 3.43. The number of amides is 1. The molecule has 2 aromatic carbocycles. The third-order valence-electron chi connectivity index (χ3n) is 5.11. The number of methoxy groups -OCH3 is 1. The summed E-state index contributed by atoms with van der Waals surface area (Å²) in [6.07, 6.45) is 0. The zero-order valence-corrected chi connectivity index (χ0v) is 21.7. The summed E-state index contributed by atoms with van der Waals surface area (Å²) in [4.78, 5) is 18.3. The minimum atomic E-state index is -1.53. The number of rotatable bonds is 7. The van der Waals surface area contributed by atoms with Crippen LogP contribution in [0.25, 0.3) is 10.4 Å². The lowest BCUT2D eigenvalue weighted by molar-refractivity contribution is -0.123. The number of nitrogens with zero attached hydrogens (tertiary/aromatic N) is 1. The van der Waals surface area contributed by atoms with E-state index in [2.05, 4.69) is 28.9 Å². The van der Waals surface area contributed by atoms with Gasteiger partial charge in [-0.25, -0.2) is 9.71 Å². The van der Waals surface area contributed by atoms with Gasteiger partial charge in [-0.1, -0.05) is 58.1 Å². The molecule has 1 heterocycles. The Hall–Kier alpha value is -2.55. The Morgan fingerprint density at radius 2 is 1.82 bits per heavy atom. The molecule has 2 N–H and O–H groups in total. The van der Waals surface area contributed by atoms with Crippen molar-refractivity contribution in [1.29, 1.82) is 0 Å². The standard InChI is InChI=1S/C25H31N3O3S2/c1-15(2)17-8-11-19(12-9-17)28-33(30)21-14-18(10-13-20(21)31-7)22-16(3)26-24(32-22)27-23(29)25(4,5)6/h8-15,28H,1-7H3,(H,26,27,29). The number of hydrogen-bond donors (Lipinski definition) is 2. The lowest BCUT2D eigenvalue weighted by atomic mass is 9.96. The van der Waals surface area contributed by atoms with E-state index in [1.54, 1.807) is 13.2 Å². The summed E-state index contributed by atoms with van der Waals surface area (Å²) < 4.78 is 21.7. The second-order valence-corrected chi connectivity index (χ2v) is 11.3. The van der Waals surface area contributed by atoms with E-state index in [1.165, 1.54) is 16.9 Å². The van der Waals surface area contributed by atoms with Gasteiger partial charge in [-0.3, -0.25) is 4.79 Å². The zero-order chi connectivity index (χ0) is 24.3. The Bertz CT molecular complexity index is 1120. The minimum Gasteiger partial charge on any atom is -0.588 e. The number of carbonyl (C=O) groups excluding carboxylic acids is 1. The molecule has 0 radical (unpaired) electrons. The molecule has 33 heavy (non-hydrogen) atoms. The molecule has 0 saturated carbocycles. The van der Waals surface area contributed by atoms with Gasteiger partial charge in [-0.15, -0.1) is 0 Å². The molecule has 176 valence electrons. The summed E-state index contributed by atoms with van der Waals surface area (Å²) in [5.74, 6) is 0.876. The van der Waals surface area contributed by atoms with Gasteiger partial charge in [0.05, 0.1) is 23.4 Å². The highest BCUT2D eigenvalue weighted by atomic mass is 32.2. The van der Waals surface area contributed by atoms with E-state index in [-0.39, 0.29) is 5.91 Å². The van der Waals surface area contributed by atoms with Crippen molar-refractivity contribution < 1.29 is 14.1 Å². The molecule has 8 heteroatoms. The average molecular weight is 486 g/mol. The third-order valence-corrected chi connectivity index (χ3v) is 7.37. The van der Waals surface area contributed by atoms with E-state index < -0.39 is 16.8 Å². The van der Waals surface area contributed by atoms with Crippen molar-refractivity contribution in [3.8, 4) is 16.2 Å². The number of carbonyl (C=O) groups is 1. The predicted molar refractivity (Wildman–Crippen MR) is 137 cm³/mol. The van der Waals surface area contributed by atoms with Gasteiger partial charge in [0.15, 0.2) is 10.9 Å². The monoisotopic (exact) mass is 485 g/mol. The maximum absolute atomic E-state index is 13.2. The maximum atomic E-state index is 13.2. The summed E-state index contributed by atoms with van der Waals surface area (Å²) in [5.41, 5.74) is 3.14. The van der Waals surface area contributed by atoms with Crippen LogP contribution in [0.1, 0.15) is 51.8 Å². The van der Waals surface area contributed by atoms with Crippen LogP contribution in [-0.4, -0.2) is 22.6 Å². The molecule has 1 atom stereocenters. The zero-order valence-electron chi connectivity index (χ0n) is 20.1. The van der Waals surface area contributed by atoms with Crippen molar-refractivity contribution in [3.05, 3.63) is 53.7 Å². The molecule has 0 spiro atoms. The van der Waals surface area contributed by atoms with Gasteiger partial charge >= 0.3 is 0 Å². The van der Waals surface area contributed by atoms with Crippen LogP contribution >= 0.6 is 11.3 Å². The molecule has 0 aliphatic rings. The van der Waals surface area contributed by atoms with Gasteiger partial charge in [0.25, 0.3) is 0 Å². The van der Waals surface area contributed by atoms with Crippen molar-refractivity contribution in [2.24, 2.45) is 5.41 Å². The highest BCUT2D eigenvalue weighted by Gasteiger charge is 2.24. The van der Waals surface area contributed by atoms with E-state index >= 15 is 0 Å². The van der Waals surface area contributed by atoms with Gasteiger partial charge in [0, 0.05) is 11.5 Å². The number of thiazole rings is 1. The van der Waals surface area contributed by atoms with Crippen molar-refractivity contribution in [2.45, 2.75) is 52.4 Å². The maximum Gasteiger partial charge on any atom is 0.231 e. The minimum absolute atomic E-state index is 0.0907. The predicted octanol–water partition coefficient (Wildman–Crippen LogP) is 6.37. The van der Waals surface area contributed by atoms with Gasteiger partial charge in [-0.2, -0.15) is 0 Å². The number of aryl methyl sites for hydroxylation is 1. The molecule has 0 aliphatic heterocycles. The number of aromatic nitrogens is 1. The summed E-state index contributed by atoms with van der Waals surface area (Å²) >= 11 is -0.132. The van der Waals surface area contributed by atoms with Crippen LogP contribution in [0.2, 0.25) is 0 Å². The van der Waals surface area contributed by atoms with Crippen LogP contribution < -0.4 is 14.8 Å². The first-order valence-electron chi connectivity index (χ1n) is 10.7. The van der Waals surface area contributed by atoms with E-state index in [0.29, 0.717) is 21.7 Å². The molecule has 1 amide bonds. The second kappa shape index (κ2) is 10.2. The fraction of sp³-hybridized carbons (Fsp3) is 0.360. The fourth-order valence-corrected chi connectivity index (χ4v) is 5.05. The van der Waals surface area contributed by atoms with Crippen LogP contribution in [0.4, 0.5) is 10.8 Å². The van der Waals surface area contributed by atoms with Crippen LogP contribution in [0.15, 0.2) is 47.4 Å². The molecule has 3 aromatic rings. The van der Waals surface area contributed by atoms with E-state index in [1.807, 2.05) is 64.1 Å².